The van der Waals surface area contributed by atoms with Crippen molar-refractivity contribution in [2.75, 3.05) is 7.11 Å². The van der Waals surface area contributed by atoms with Crippen LogP contribution >= 0.6 is 0 Å². The van der Waals surface area contributed by atoms with Crippen molar-refractivity contribution in [1.82, 2.24) is 0 Å². The van der Waals surface area contributed by atoms with Crippen LogP contribution in [0.2, 0.25) is 0 Å². The van der Waals surface area contributed by atoms with Crippen LogP contribution in [0, 0.1) is 23.2 Å². The van der Waals surface area contributed by atoms with Crippen LogP contribution in [0.1, 0.15) is 101 Å². The van der Waals surface area contributed by atoms with Crippen LogP contribution in [-0.4, -0.2) is 12.7 Å². The molecule has 1 aromatic rings. The Hall–Kier alpha value is -1.59. The molecule has 0 unspecified atom stereocenters. The molecule has 2 aliphatic carbocycles. The third-order valence-corrected chi connectivity index (χ3v) is 8.04. The Morgan fingerprint density at radius 2 is 1.70 bits per heavy atom. The van der Waals surface area contributed by atoms with Crippen molar-refractivity contribution < 1.29 is 4.74 Å². The first-order chi connectivity index (χ1) is 14.7. The Bertz CT molecular complexity index is 682. The molecule has 2 heteroatoms. The summed E-state index contributed by atoms with van der Waals surface area (Å²) in [5, 5.41) is 8.67. The highest BCUT2D eigenvalue weighted by Gasteiger charge is 2.38. The minimum atomic E-state index is 0.0486. The van der Waals surface area contributed by atoms with Gasteiger partial charge in [-0.1, -0.05) is 43.7 Å². The molecular formula is C28H41NO. The Balaban J connectivity index is 1.44. The summed E-state index contributed by atoms with van der Waals surface area (Å²) in [6.45, 7) is 2.27. The smallest absolute Gasteiger partial charge is 0.0908 e. The lowest BCUT2D eigenvalue weighted by Gasteiger charge is -2.43. The Labute approximate surface area is 184 Å². The minimum absolute atomic E-state index is 0.0486. The summed E-state index contributed by atoms with van der Waals surface area (Å²) in [5.41, 5.74) is 3.12. The van der Waals surface area contributed by atoms with Crippen LogP contribution in [0.4, 0.5) is 0 Å². The van der Waals surface area contributed by atoms with Crippen molar-refractivity contribution in [2.45, 2.75) is 102 Å². The van der Waals surface area contributed by atoms with Gasteiger partial charge in [0, 0.05) is 13.2 Å². The highest BCUT2D eigenvalue weighted by atomic mass is 16.5. The molecule has 0 radical (unpaired) electrons. The summed E-state index contributed by atoms with van der Waals surface area (Å²) in [5.74, 6) is 2.58. The fourth-order valence-electron chi connectivity index (χ4n) is 5.94. The number of hydrogen-bond donors (Lipinski definition) is 0. The number of ether oxygens (including phenoxy) is 1. The van der Waals surface area contributed by atoms with Crippen molar-refractivity contribution in [3.05, 3.63) is 47.5 Å². The first-order valence-corrected chi connectivity index (χ1v) is 12.4. The molecule has 0 N–H and O–H groups in total. The van der Waals surface area contributed by atoms with Gasteiger partial charge in [-0.05, 0) is 106 Å². The fourth-order valence-corrected chi connectivity index (χ4v) is 5.94. The molecule has 2 saturated carbocycles. The second kappa shape index (κ2) is 11.7. The van der Waals surface area contributed by atoms with Crippen molar-refractivity contribution in [3.63, 3.8) is 0 Å². The predicted octanol–water partition coefficient (Wildman–Crippen LogP) is 7.74. The molecule has 2 nitrogen and oxygen atoms in total. The van der Waals surface area contributed by atoms with E-state index in [0.29, 0.717) is 0 Å². The highest BCUT2D eigenvalue weighted by molar-refractivity contribution is 5.26. The molecule has 0 aliphatic heterocycles. The maximum atomic E-state index is 8.67. The Morgan fingerprint density at radius 3 is 2.30 bits per heavy atom. The molecule has 1 aromatic carbocycles. The summed E-state index contributed by atoms with van der Waals surface area (Å²) >= 11 is 0. The summed E-state index contributed by atoms with van der Waals surface area (Å²) in [4.78, 5) is 0. The lowest BCUT2D eigenvalue weighted by atomic mass is 9.66. The molecule has 0 saturated heterocycles. The number of allylic oxidation sites excluding steroid dienone is 2. The van der Waals surface area contributed by atoms with Crippen molar-refractivity contribution in [3.8, 4) is 6.07 Å². The van der Waals surface area contributed by atoms with Crippen LogP contribution < -0.4 is 0 Å². The van der Waals surface area contributed by atoms with Crippen molar-refractivity contribution in [1.29, 1.82) is 5.26 Å². The molecule has 0 spiro atoms. The average Bonchev–Trinajstić information content (AvgIpc) is 2.81. The van der Waals surface area contributed by atoms with Crippen LogP contribution in [0.25, 0.3) is 0 Å². The largest absolute Gasteiger partial charge is 0.378 e. The lowest BCUT2D eigenvalue weighted by molar-refractivity contribution is -0.0614. The summed E-state index contributed by atoms with van der Waals surface area (Å²) in [6, 6.07) is 11.6. The van der Waals surface area contributed by atoms with Crippen LogP contribution in [-0.2, 0) is 11.2 Å². The molecule has 0 atom stereocenters. The lowest BCUT2D eigenvalue weighted by Crippen LogP contribution is -2.38. The van der Waals surface area contributed by atoms with Gasteiger partial charge in [-0.2, -0.15) is 5.26 Å². The number of rotatable bonds is 9. The van der Waals surface area contributed by atoms with E-state index < -0.39 is 0 Å². The van der Waals surface area contributed by atoms with E-state index in [0.717, 1.165) is 30.6 Å². The SMILES string of the molecule is CCCCc1ccc([C@H]2CC[C@H]([C@H]3CC[C@@](CCC=CC#N)(OC)CC3)CC2)cc1. The van der Waals surface area contributed by atoms with E-state index in [4.69, 9.17) is 10.00 Å². The third kappa shape index (κ3) is 6.21. The van der Waals surface area contributed by atoms with Crippen molar-refractivity contribution in [2.24, 2.45) is 11.8 Å². The van der Waals surface area contributed by atoms with Crippen LogP contribution in [0.3, 0.4) is 0 Å². The standard InChI is InChI=1S/C28H41NO/c1-3-4-8-23-9-11-24(12-10-23)25-13-15-26(16-14-25)27-17-20-28(30-2,21-18-27)19-6-5-7-22-29/h5,7,9-12,25-27H,3-4,6,8,13-21H2,1-2H3/t25-,26-,27-,28+. The zero-order valence-corrected chi connectivity index (χ0v) is 19.2. The number of hydrogen-bond acceptors (Lipinski definition) is 2. The van der Waals surface area contributed by atoms with E-state index >= 15 is 0 Å². The number of aryl methyl sites for hydroxylation is 1. The van der Waals surface area contributed by atoms with E-state index in [9.17, 15) is 0 Å². The normalized spacial score (nSPS) is 29.7. The Kier molecular flexibility index (Phi) is 9.01. The molecule has 0 amide bonds. The quantitative estimate of drug-likeness (QED) is 0.392. The van der Waals surface area contributed by atoms with E-state index in [1.165, 1.54) is 76.2 Å². The van der Waals surface area contributed by atoms with E-state index in [1.54, 1.807) is 11.6 Å². The molecule has 164 valence electrons. The second-order valence-electron chi connectivity index (χ2n) is 9.75. The maximum absolute atomic E-state index is 8.67. The van der Waals surface area contributed by atoms with Gasteiger partial charge in [0.25, 0.3) is 0 Å². The number of methoxy groups -OCH3 is 1. The monoisotopic (exact) mass is 407 g/mol. The van der Waals surface area contributed by atoms with Gasteiger partial charge in [-0.3, -0.25) is 0 Å². The van der Waals surface area contributed by atoms with Crippen molar-refractivity contribution >= 4 is 0 Å². The fraction of sp³-hybridized carbons (Fsp3) is 0.679. The molecular weight excluding hydrogens is 366 g/mol. The Morgan fingerprint density at radius 1 is 1.03 bits per heavy atom. The summed E-state index contributed by atoms with van der Waals surface area (Å²) in [6.07, 6.45) is 19.9. The van der Waals surface area contributed by atoms with E-state index in [1.807, 2.05) is 13.2 Å². The van der Waals surface area contributed by atoms with Gasteiger partial charge < -0.3 is 4.74 Å². The summed E-state index contributed by atoms with van der Waals surface area (Å²) in [7, 11) is 1.88. The van der Waals surface area contributed by atoms with Gasteiger partial charge in [-0.15, -0.1) is 0 Å². The van der Waals surface area contributed by atoms with Gasteiger partial charge in [0.2, 0.25) is 0 Å². The molecule has 2 fully saturated rings. The number of nitrogens with zero attached hydrogens (tertiary/aromatic N) is 1. The number of benzene rings is 1. The van der Waals surface area contributed by atoms with E-state index in [2.05, 4.69) is 37.3 Å². The minimum Gasteiger partial charge on any atom is -0.378 e. The zero-order valence-electron chi connectivity index (χ0n) is 19.2. The number of nitriles is 1. The highest BCUT2D eigenvalue weighted by Crippen LogP contribution is 2.46. The zero-order chi connectivity index (χ0) is 21.2. The van der Waals surface area contributed by atoms with E-state index in [-0.39, 0.29) is 5.60 Å². The molecule has 2 aliphatic rings. The van der Waals surface area contributed by atoms with Crippen LogP contribution in [0.15, 0.2) is 36.4 Å². The summed E-state index contributed by atoms with van der Waals surface area (Å²) < 4.78 is 5.99. The molecule has 3 rings (SSSR count). The molecule has 0 heterocycles. The second-order valence-corrected chi connectivity index (χ2v) is 9.75. The first-order valence-electron chi connectivity index (χ1n) is 12.4. The van der Waals surface area contributed by atoms with Gasteiger partial charge in [0.05, 0.1) is 11.7 Å². The molecule has 0 aromatic heterocycles. The number of unbranched alkanes of at least 4 members (excludes halogenated alkanes) is 1. The van der Waals surface area contributed by atoms with Gasteiger partial charge in [-0.25, -0.2) is 0 Å². The van der Waals surface area contributed by atoms with Crippen LogP contribution in [0.5, 0.6) is 0 Å². The molecule has 0 bridgehead atoms. The molecule has 30 heavy (non-hydrogen) atoms. The van der Waals surface area contributed by atoms with Gasteiger partial charge in [0.1, 0.15) is 0 Å². The predicted molar refractivity (Wildman–Crippen MR) is 125 cm³/mol. The maximum Gasteiger partial charge on any atom is 0.0908 e. The third-order valence-electron chi connectivity index (χ3n) is 8.04. The topological polar surface area (TPSA) is 33.0 Å². The average molecular weight is 408 g/mol. The van der Waals surface area contributed by atoms with Gasteiger partial charge in [0.15, 0.2) is 0 Å². The first kappa shape index (κ1) is 23.1. The van der Waals surface area contributed by atoms with Gasteiger partial charge >= 0.3 is 0 Å².